The third-order valence-corrected chi connectivity index (χ3v) is 2.87. The Balaban J connectivity index is 2.55. The quantitative estimate of drug-likeness (QED) is 0.572. The van der Waals surface area contributed by atoms with E-state index in [0.717, 1.165) is 12.0 Å². The number of esters is 1. The van der Waals surface area contributed by atoms with E-state index in [4.69, 9.17) is 9.47 Å². The number of allylic oxidation sites excluding steroid dienone is 1. The lowest BCUT2D eigenvalue weighted by Crippen LogP contribution is -2.63. The van der Waals surface area contributed by atoms with Crippen molar-refractivity contribution in [3.8, 4) is 0 Å². The number of hydrogen-bond donors (Lipinski definition) is 1. The summed E-state index contributed by atoms with van der Waals surface area (Å²) in [6.07, 6.45) is 2.55. The average Bonchev–Trinajstić information content (AvgIpc) is 2.26. The Morgan fingerprint density at radius 3 is 2.50 bits per heavy atom. The Hall–Kier alpha value is -1.36. The van der Waals surface area contributed by atoms with E-state index in [-0.39, 0.29) is 18.3 Å². The van der Waals surface area contributed by atoms with E-state index in [1.54, 1.807) is 13.0 Å². The molecule has 0 aromatic carbocycles. The molecule has 1 N–H and O–H groups in total. The molecule has 0 aliphatic carbocycles. The molecule has 1 heterocycles. The molecule has 0 saturated carbocycles. The minimum atomic E-state index is -0.589. The van der Waals surface area contributed by atoms with Crippen LogP contribution in [0.5, 0.6) is 0 Å². The third kappa shape index (κ3) is 4.14. The molecule has 1 rings (SSSR count). The molecule has 5 nitrogen and oxygen atoms in total. The smallest absolute Gasteiger partial charge is 0.308 e. The van der Waals surface area contributed by atoms with Crippen LogP contribution in [-0.4, -0.2) is 37.2 Å². The number of carbonyl (C=O) groups excluding carboxylic acids is 2. The van der Waals surface area contributed by atoms with Crippen LogP contribution in [0.2, 0.25) is 0 Å². The number of hydrogen-bond acceptors (Lipinski definition) is 4. The zero-order valence-electron chi connectivity index (χ0n) is 11.2. The molecule has 1 fully saturated rings. The van der Waals surface area contributed by atoms with Crippen molar-refractivity contribution >= 4 is 11.9 Å². The van der Waals surface area contributed by atoms with Gasteiger partial charge in [0.25, 0.3) is 0 Å². The summed E-state index contributed by atoms with van der Waals surface area (Å²) in [7, 11) is 0. The van der Waals surface area contributed by atoms with Gasteiger partial charge in [0, 0.05) is 6.08 Å². The Morgan fingerprint density at radius 1 is 1.39 bits per heavy atom. The monoisotopic (exact) mass is 255 g/mol. The van der Waals surface area contributed by atoms with Crippen molar-refractivity contribution in [2.24, 2.45) is 0 Å². The summed E-state index contributed by atoms with van der Waals surface area (Å²) in [6.45, 7) is 6.70. The van der Waals surface area contributed by atoms with Gasteiger partial charge in [-0.3, -0.25) is 9.59 Å². The maximum Gasteiger partial charge on any atom is 0.308 e. The van der Waals surface area contributed by atoms with Crippen LogP contribution < -0.4 is 5.32 Å². The van der Waals surface area contributed by atoms with E-state index >= 15 is 0 Å². The first-order valence-corrected chi connectivity index (χ1v) is 6.24. The van der Waals surface area contributed by atoms with E-state index in [9.17, 15) is 9.59 Å². The molecule has 1 aliphatic heterocycles. The number of ether oxygens (including phenoxy) is 2. The van der Waals surface area contributed by atoms with Gasteiger partial charge >= 0.3 is 5.97 Å². The average molecular weight is 255 g/mol. The Labute approximate surface area is 108 Å². The second-order valence-corrected chi connectivity index (χ2v) is 4.59. The fraction of sp³-hybridized carbons (Fsp3) is 0.692. The highest BCUT2D eigenvalue weighted by molar-refractivity contribution is 5.89. The van der Waals surface area contributed by atoms with Crippen molar-refractivity contribution in [2.45, 2.75) is 39.2 Å². The van der Waals surface area contributed by atoms with Crippen LogP contribution in [0.25, 0.3) is 0 Å². The summed E-state index contributed by atoms with van der Waals surface area (Å²) in [5.41, 5.74) is 0.410. The molecular weight excluding hydrogens is 234 g/mol. The van der Waals surface area contributed by atoms with Crippen molar-refractivity contribution in [1.82, 2.24) is 5.32 Å². The summed E-state index contributed by atoms with van der Waals surface area (Å²) >= 11 is 0. The summed E-state index contributed by atoms with van der Waals surface area (Å²) in [5.74, 6) is -0.487. The van der Waals surface area contributed by atoms with E-state index in [0.29, 0.717) is 19.8 Å². The highest BCUT2D eigenvalue weighted by Crippen LogP contribution is 2.22. The van der Waals surface area contributed by atoms with Crippen LogP contribution >= 0.6 is 0 Å². The van der Waals surface area contributed by atoms with Gasteiger partial charge in [-0.25, -0.2) is 0 Å². The number of carbonyl (C=O) groups is 2. The van der Waals surface area contributed by atoms with Crippen molar-refractivity contribution < 1.29 is 19.1 Å². The molecule has 102 valence electrons. The highest BCUT2D eigenvalue weighted by Gasteiger charge is 2.42. The van der Waals surface area contributed by atoms with Gasteiger partial charge in [0.2, 0.25) is 5.91 Å². The molecule has 0 atom stereocenters. The van der Waals surface area contributed by atoms with Crippen LogP contribution in [0, 0.1) is 0 Å². The molecule has 0 unspecified atom stereocenters. The normalized spacial score (nSPS) is 17.8. The van der Waals surface area contributed by atoms with Crippen LogP contribution in [0.3, 0.4) is 0 Å². The lowest BCUT2D eigenvalue weighted by atomic mass is 9.93. The van der Waals surface area contributed by atoms with Gasteiger partial charge in [0.05, 0.1) is 31.8 Å². The molecule has 0 aromatic heterocycles. The zero-order chi connectivity index (χ0) is 13.6. The molecule has 1 aliphatic rings. The summed E-state index contributed by atoms with van der Waals surface area (Å²) in [5, 5.41) is 2.84. The Bertz CT molecular complexity index is 345. The third-order valence-electron chi connectivity index (χ3n) is 2.87. The minimum Gasteiger partial charge on any atom is -0.466 e. The maximum atomic E-state index is 11.8. The van der Waals surface area contributed by atoms with Crippen molar-refractivity contribution in [1.29, 1.82) is 0 Å². The molecule has 0 spiro atoms. The molecule has 0 aromatic rings. The molecule has 1 amide bonds. The highest BCUT2D eigenvalue weighted by atomic mass is 16.5. The first-order valence-electron chi connectivity index (χ1n) is 6.24. The van der Waals surface area contributed by atoms with E-state index in [2.05, 4.69) is 5.32 Å². The molecule has 5 heteroatoms. The van der Waals surface area contributed by atoms with Crippen molar-refractivity contribution in [2.75, 3.05) is 19.8 Å². The van der Waals surface area contributed by atoms with Gasteiger partial charge < -0.3 is 14.8 Å². The van der Waals surface area contributed by atoms with E-state index in [1.165, 1.54) is 0 Å². The van der Waals surface area contributed by atoms with E-state index in [1.807, 2.05) is 13.8 Å². The first kappa shape index (κ1) is 14.7. The van der Waals surface area contributed by atoms with Gasteiger partial charge in [-0.2, -0.15) is 0 Å². The fourth-order valence-electron chi connectivity index (χ4n) is 1.68. The number of nitrogens with one attached hydrogen (secondary N) is 1. The van der Waals surface area contributed by atoms with Crippen LogP contribution in [0.1, 0.15) is 33.6 Å². The standard InChI is InChI=1S/C13H21NO4/c1-4-10(3)6-11(15)14-13(8-17-9-13)7-12(16)18-5-2/h6H,4-5,7-9H2,1-3H3,(H,14,15). The second-order valence-electron chi connectivity index (χ2n) is 4.59. The molecule has 0 radical (unpaired) electrons. The maximum absolute atomic E-state index is 11.8. The van der Waals surface area contributed by atoms with Gasteiger partial charge in [-0.1, -0.05) is 12.5 Å². The Kier molecular flexibility index (Phi) is 5.34. The minimum absolute atomic E-state index is 0.158. The predicted octanol–water partition coefficient (Wildman–Crippen LogP) is 1.18. The largest absolute Gasteiger partial charge is 0.466 e. The summed E-state index contributed by atoms with van der Waals surface area (Å²) in [4.78, 5) is 23.2. The second kappa shape index (κ2) is 6.54. The molecular formula is C13H21NO4. The predicted molar refractivity (Wildman–Crippen MR) is 67.0 cm³/mol. The fourth-order valence-corrected chi connectivity index (χ4v) is 1.68. The SMILES string of the molecule is CCOC(=O)CC1(NC(=O)C=C(C)CC)COC1. The number of rotatable bonds is 6. The van der Waals surface area contributed by atoms with Crippen LogP contribution in [0.15, 0.2) is 11.6 Å². The van der Waals surface area contributed by atoms with Gasteiger partial charge in [0.15, 0.2) is 0 Å². The van der Waals surface area contributed by atoms with Gasteiger partial charge in [-0.05, 0) is 20.3 Å². The molecule has 0 bridgehead atoms. The molecule has 1 saturated heterocycles. The molecule has 18 heavy (non-hydrogen) atoms. The lowest BCUT2D eigenvalue weighted by Gasteiger charge is -2.41. The Morgan fingerprint density at radius 2 is 2.06 bits per heavy atom. The van der Waals surface area contributed by atoms with E-state index < -0.39 is 5.54 Å². The van der Waals surface area contributed by atoms with Gasteiger partial charge in [-0.15, -0.1) is 0 Å². The summed E-state index contributed by atoms with van der Waals surface area (Å²) < 4.78 is 10.0. The summed E-state index contributed by atoms with van der Waals surface area (Å²) in [6, 6.07) is 0. The zero-order valence-corrected chi connectivity index (χ0v) is 11.2. The van der Waals surface area contributed by atoms with Crippen LogP contribution in [0.4, 0.5) is 0 Å². The van der Waals surface area contributed by atoms with Gasteiger partial charge in [0.1, 0.15) is 0 Å². The lowest BCUT2D eigenvalue weighted by molar-refractivity contribution is -0.154. The topological polar surface area (TPSA) is 64.6 Å². The van der Waals surface area contributed by atoms with Crippen LogP contribution in [-0.2, 0) is 19.1 Å². The first-order chi connectivity index (χ1) is 8.51. The van der Waals surface area contributed by atoms with Crippen molar-refractivity contribution in [3.63, 3.8) is 0 Å². The number of amides is 1. The van der Waals surface area contributed by atoms with Crippen molar-refractivity contribution in [3.05, 3.63) is 11.6 Å².